The average molecular weight is 301 g/mol. The molecular weight excluding hydrogens is 264 g/mol. The van der Waals surface area contributed by atoms with Crippen LogP contribution < -0.4 is 0 Å². The van der Waals surface area contributed by atoms with Crippen LogP contribution in [0.2, 0.25) is 0 Å². The number of allylic oxidation sites excluding steroid dienone is 2. The Kier molecular flexibility index (Phi) is 3.55. The zero-order chi connectivity index (χ0) is 15.5. The zero-order valence-electron chi connectivity index (χ0n) is 15.3. The van der Waals surface area contributed by atoms with Gasteiger partial charge in [0, 0.05) is 0 Å². The van der Waals surface area contributed by atoms with E-state index < -0.39 is 0 Å². The lowest BCUT2D eigenvalue weighted by Crippen LogP contribution is -2.52. The molecule has 0 bridgehead atoms. The van der Waals surface area contributed by atoms with E-state index in [1.54, 1.807) is 5.57 Å². The predicted molar refractivity (Wildman–Crippen MR) is 94.6 cm³/mol. The van der Waals surface area contributed by atoms with Gasteiger partial charge in [-0.3, -0.25) is 0 Å². The fourth-order valence-corrected chi connectivity index (χ4v) is 7.49. The highest BCUT2D eigenvalue weighted by Gasteiger charge is 2.58. The molecule has 22 heavy (non-hydrogen) atoms. The Bertz CT molecular complexity index is 474. The van der Waals surface area contributed by atoms with Crippen LogP contribution in [0.5, 0.6) is 0 Å². The molecule has 0 heteroatoms. The highest BCUT2D eigenvalue weighted by atomic mass is 14.6. The molecule has 0 N–H and O–H groups in total. The van der Waals surface area contributed by atoms with Crippen molar-refractivity contribution in [3.05, 3.63) is 11.6 Å². The zero-order valence-corrected chi connectivity index (χ0v) is 15.3. The summed E-state index contributed by atoms with van der Waals surface area (Å²) in [6.07, 6.45) is 16.0. The highest BCUT2D eigenvalue weighted by molar-refractivity contribution is 5.17. The molecule has 3 fully saturated rings. The molecule has 5 unspecified atom stereocenters. The summed E-state index contributed by atoms with van der Waals surface area (Å²) < 4.78 is 0. The normalized spacial score (nSPS) is 54.2. The van der Waals surface area contributed by atoms with Crippen LogP contribution in [0, 0.1) is 40.4 Å². The largest absolute Gasteiger partial charge is 0.0817 e. The molecule has 4 rings (SSSR count). The van der Waals surface area contributed by atoms with E-state index in [1.807, 2.05) is 0 Å². The number of hydrogen-bond donors (Lipinski definition) is 0. The van der Waals surface area contributed by atoms with E-state index in [1.165, 1.54) is 57.8 Å². The molecule has 0 aromatic heterocycles. The van der Waals surface area contributed by atoms with Gasteiger partial charge in [0.2, 0.25) is 0 Å². The number of rotatable bonds is 1. The Morgan fingerprint density at radius 2 is 1.73 bits per heavy atom. The molecule has 0 aliphatic heterocycles. The van der Waals surface area contributed by atoms with Gasteiger partial charge in [-0.15, -0.1) is 0 Å². The Hall–Kier alpha value is -0.260. The monoisotopic (exact) mass is 300 g/mol. The first-order chi connectivity index (χ1) is 10.5. The van der Waals surface area contributed by atoms with Gasteiger partial charge >= 0.3 is 0 Å². The van der Waals surface area contributed by atoms with Crippen molar-refractivity contribution >= 4 is 0 Å². The van der Waals surface area contributed by atoms with Crippen molar-refractivity contribution in [1.29, 1.82) is 0 Å². The van der Waals surface area contributed by atoms with E-state index >= 15 is 0 Å². The van der Waals surface area contributed by atoms with Gasteiger partial charge in [-0.1, -0.05) is 39.3 Å². The maximum absolute atomic E-state index is 2.73. The molecule has 4 aliphatic rings. The van der Waals surface area contributed by atoms with Crippen LogP contribution in [-0.2, 0) is 0 Å². The van der Waals surface area contributed by atoms with Crippen molar-refractivity contribution in [3.63, 3.8) is 0 Å². The summed E-state index contributed by atoms with van der Waals surface area (Å²) >= 11 is 0. The second-order valence-electron chi connectivity index (χ2n) is 9.77. The summed E-state index contributed by atoms with van der Waals surface area (Å²) in [6.45, 7) is 10.2. The van der Waals surface area contributed by atoms with Crippen molar-refractivity contribution in [2.45, 2.75) is 85.5 Å². The van der Waals surface area contributed by atoms with Gasteiger partial charge in [-0.2, -0.15) is 0 Å². The molecule has 0 heterocycles. The summed E-state index contributed by atoms with van der Waals surface area (Å²) in [6, 6.07) is 0. The molecule has 0 aromatic carbocycles. The molecule has 0 spiro atoms. The highest BCUT2D eigenvalue weighted by Crippen LogP contribution is 2.67. The number of fused-ring (bicyclic) bond motifs is 5. The minimum atomic E-state index is 0.634. The first kappa shape index (κ1) is 15.3. The standard InChI is InChI=1S/C22H36/c1-5-16-10-12-22(4)17(14-16)7-8-18-19-9-6-15(2)21(19,3)13-11-20(18)22/h14-15,17-20H,5-13H2,1-4H3/t15-,17-,18?,19?,20?,21?,22?/m0/s1. The molecule has 0 nitrogen and oxygen atoms in total. The Morgan fingerprint density at radius 1 is 0.955 bits per heavy atom. The number of hydrogen-bond acceptors (Lipinski definition) is 0. The van der Waals surface area contributed by atoms with Gasteiger partial charge in [-0.05, 0) is 98.2 Å². The van der Waals surface area contributed by atoms with Crippen LogP contribution >= 0.6 is 0 Å². The molecule has 0 saturated heterocycles. The summed E-state index contributed by atoms with van der Waals surface area (Å²) in [5, 5.41) is 0. The summed E-state index contributed by atoms with van der Waals surface area (Å²) in [4.78, 5) is 0. The second kappa shape index (κ2) is 5.12. The van der Waals surface area contributed by atoms with Gasteiger partial charge in [0.1, 0.15) is 0 Å². The van der Waals surface area contributed by atoms with Gasteiger partial charge < -0.3 is 0 Å². The fourth-order valence-electron chi connectivity index (χ4n) is 7.49. The summed E-state index contributed by atoms with van der Waals surface area (Å²) in [5.74, 6) is 5.02. The van der Waals surface area contributed by atoms with Crippen molar-refractivity contribution in [1.82, 2.24) is 0 Å². The molecular formula is C22H36. The smallest absolute Gasteiger partial charge is 0.0174 e. The van der Waals surface area contributed by atoms with E-state index in [4.69, 9.17) is 0 Å². The van der Waals surface area contributed by atoms with E-state index in [-0.39, 0.29) is 0 Å². The first-order valence-corrected chi connectivity index (χ1v) is 10.2. The Labute approximate surface area is 138 Å². The van der Waals surface area contributed by atoms with Crippen LogP contribution in [0.25, 0.3) is 0 Å². The molecule has 124 valence electrons. The predicted octanol–water partition coefficient (Wildman–Crippen LogP) is 6.61. The summed E-state index contributed by atoms with van der Waals surface area (Å²) in [5.41, 5.74) is 3.08. The van der Waals surface area contributed by atoms with Crippen molar-refractivity contribution in [3.8, 4) is 0 Å². The van der Waals surface area contributed by atoms with E-state index in [9.17, 15) is 0 Å². The van der Waals surface area contributed by atoms with E-state index in [0.717, 1.165) is 29.6 Å². The van der Waals surface area contributed by atoms with Crippen LogP contribution in [-0.4, -0.2) is 0 Å². The van der Waals surface area contributed by atoms with Crippen LogP contribution in [0.4, 0.5) is 0 Å². The van der Waals surface area contributed by atoms with E-state index in [0.29, 0.717) is 10.8 Å². The molecule has 0 aromatic rings. The third kappa shape index (κ3) is 1.94. The van der Waals surface area contributed by atoms with Gasteiger partial charge in [0.15, 0.2) is 0 Å². The van der Waals surface area contributed by atoms with Crippen LogP contribution in [0.3, 0.4) is 0 Å². The van der Waals surface area contributed by atoms with Gasteiger partial charge in [0.25, 0.3) is 0 Å². The molecule has 3 saturated carbocycles. The van der Waals surface area contributed by atoms with E-state index in [2.05, 4.69) is 33.8 Å². The van der Waals surface area contributed by atoms with Gasteiger partial charge in [-0.25, -0.2) is 0 Å². The minimum absolute atomic E-state index is 0.634. The van der Waals surface area contributed by atoms with Crippen molar-refractivity contribution in [2.24, 2.45) is 40.4 Å². The van der Waals surface area contributed by atoms with Crippen LogP contribution in [0.1, 0.15) is 85.5 Å². The molecule has 0 radical (unpaired) electrons. The topological polar surface area (TPSA) is 0 Å². The molecule has 0 amide bonds. The first-order valence-electron chi connectivity index (χ1n) is 10.2. The Balaban J connectivity index is 1.63. The summed E-state index contributed by atoms with van der Waals surface area (Å²) in [7, 11) is 0. The van der Waals surface area contributed by atoms with Gasteiger partial charge in [0.05, 0.1) is 0 Å². The quantitative estimate of drug-likeness (QED) is 0.478. The lowest BCUT2D eigenvalue weighted by molar-refractivity contribution is -0.0898. The van der Waals surface area contributed by atoms with Crippen LogP contribution in [0.15, 0.2) is 11.6 Å². The Morgan fingerprint density at radius 3 is 2.50 bits per heavy atom. The fraction of sp³-hybridized carbons (Fsp3) is 0.909. The maximum Gasteiger partial charge on any atom is -0.0174 e. The molecule has 4 aliphatic carbocycles. The third-order valence-corrected chi connectivity index (χ3v) is 9.29. The third-order valence-electron chi connectivity index (χ3n) is 9.29. The van der Waals surface area contributed by atoms with Crippen molar-refractivity contribution in [2.75, 3.05) is 0 Å². The minimum Gasteiger partial charge on any atom is -0.0817 e. The second-order valence-corrected chi connectivity index (χ2v) is 9.77. The SMILES string of the molecule is CCC1=C[C@@H]2CCC3C(CCC4(C)C3CC[C@@H]4C)C2(C)CC1. The lowest BCUT2D eigenvalue weighted by Gasteiger charge is -2.60. The average Bonchev–Trinajstić information content (AvgIpc) is 2.82. The van der Waals surface area contributed by atoms with Crippen molar-refractivity contribution < 1.29 is 0 Å². The lowest BCUT2D eigenvalue weighted by atomic mass is 9.45. The maximum atomic E-state index is 2.73. The molecule has 7 atom stereocenters.